The fourth-order valence-corrected chi connectivity index (χ4v) is 2.23. The van der Waals surface area contributed by atoms with E-state index in [1.807, 2.05) is 0 Å². The Hall–Kier alpha value is -2.16. The number of hydrogen-bond donors (Lipinski definition) is 1. The molecule has 0 radical (unpaired) electrons. The fourth-order valence-electron chi connectivity index (χ4n) is 2.23. The number of carbonyl (C=O) groups is 1. The van der Waals surface area contributed by atoms with E-state index < -0.39 is 12.8 Å². The van der Waals surface area contributed by atoms with Gasteiger partial charge in [-0.3, -0.25) is 0 Å². The summed E-state index contributed by atoms with van der Waals surface area (Å²) in [6.45, 7) is -0.382. The van der Waals surface area contributed by atoms with Crippen LogP contribution in [0.2, 0.25) is 0 Å². The van der Waals surface area contributed by atoms with Crippen molar-refractivity contribution in [2.75, 3.05) is 39.3 Å². The third kappa shape index (κ3) is 4.92. The number of likely N-dealkylation sites (N-methyl/N-ethyl adjacent to an activating group) is 1. The molecule has 0 aromatic heterocycles. The molecule has 1 aliphatic rings. The minimum atomic E-state index is -4.47. The molecule has 1 atom stereocenters. The number of urea groups is 1. The molecule has 1 aromatic rings. The molecule has 1 aromatic carbocycles. The second kappa shape index (κ2) is 7.61. The summed E-state index contributed by atoms with van der Waals surface area (Å²) < 4.78 is 51.9. The average Bonchev–Trinajstić information content (AvgIpc) is 3.06. The highest BCUT2D eigenvalue weighted by molar-refractivity contribution is 5.89. The zero-order chi connectivity index (χ0) is 17.7. The Morgan fingerprint density at radius 2 is 2.17 bits per heavy atom. The fraction of sp³-hybridized carbons (Fsp3) is 0.533. The largest absolute Gasteiger partial charge is 0.493 e. The third-order valence-corrected chi connectivity index (χ3v) is 3.58. The van der Waals surface area contributed by atoms with Crippen LogP contribution in [0.3, 0.4) is 0 Å². The van der Waals surface area contributed by atoms with Crippen molar-refractivity contribution >= 4 is 11.7 Å². The van der Waals surface area contributed by atoms with E-state index in [2.05, 4.69) is 5.32 Å². The number of halogens is 3. The maximum atomic E-state index is 12.3. The van der Waals surface area contributed by atoms with Gasteiger partial charge >= 0.3 is 12.2 Å². The van der Waals surface area contributed by atoms with Crippen LogP contribution in [-0.4, -0.2) is 57.1 Å². The molecule has 6 nitrogen and oxygen atoms in total. The lowest BCUT2D eigenvalue weighted by molar-refractivity contribution is -0.153. The van der Waals surface area contributed by atoms with E-state index in [1.165, 1.54) is 30.2 Å². The Kier molecular flexibility index (Phi) is 5.76. The molecule has 1 unspecified atom stereocenters. The summed E-state index contributed by atoms with van der Waals surface area (Å²) in [5, 5.41) is 2.62. The zero-order valence-electron chi connectivity index (χ0n) is 13.4. The Balaban J connectivity index is 2.05. The van der Waals surface area contributed by atoms with Gasteiger partial charge in [0.15, 0.2) is 18.1 Å². The molecule has 1 fully saturated rings. The molecule has 0 aliphatic carbocycles. The van der Waals surface area contributed by atoms with E-state index in [1.54, 1.807) is 7.05 Å². The van der Waals surface area contributed by atoms with Crippen molar-refractivity contribution < 1.29 is 32.2 Å². The van der Waals surface area contributed by atoms with Crippen LogP contribution >= 0.6 is 0 Å². The highest BCUT2D eigenvalue weighted by atomic mass is 19.4. The molecule has 0 bridgehead atoms. The van der Waals surface area contributed by atoms with Crippen molar-refractivity contribution in [3.8, 4) is 11.5 Å². The monoisotopic (exact) mass is 348 g/mol. The normalized spacial score (nSPS) is 17.5. The Bertz CT molecular complexity index is 574. The van der Waals surface area contributed by atoms with E-state index in [0.717, 1.165) is 6.42 Å². The number of amides is 2. The number of ether oxygens (including phenoxy) is 3. The predicted molar refractivity (Wildman–Crippen MR) is 80.5 cm³/mol. The Labute approximate surface area is 137 Å². The minimum Gasteiger partial charge on any atom is -0.493 e. The molecule has 1 aliphatic heterocycles. The van der Waals surface area contributed by atoms with Gasteiger partial charge in [0, 0.05) is 25.4 Å². The van der Waals surface area contributed by atoms with Gasteiger partial charge in [0.25, 0.3) is 0 Å². The van der Waals surface area contributed by atoms with Crippen molar-refractivity contribution in [1.82, 2.24) is 4.90 Å². The topological polar surface area (TPSA) is 60.0 Å². The lowest BCUT2D eigenvalue weighted by Crippen LogP contribution is -2.40. The molecule has 2 amide bonds. The van der Waals surface area contributed by atoms with Crippen molar-refractivity contribution in [2.24, 2.45) is 0 Å². The van der Waals surface area contributed by atoms with Gasteiger partial charge in [0.1, 0.15) is 0 Å². The summed E-state index contributed by atoms with van der Waals surface area (Å²) in [6, 6.07) is 3.85. The Morgan fingerprint density at radius 1 is 1.42 bits per heavy atom. The number of alkyl halides is 3. The number of nitrogens with zero attached hydrogens (tertiary/aromatic N) is 1. The van der Waals surface area contributed by atoms with Crippen molar-refractivity contribution in [3.05, 3.63) is 18.2 Å². The number of methoxy groups -OCH3 is 1. The maximum Gasteiger partial charge on any atom is 0.422 e. The lowest BCUT2D eigenvalue weighted by atomic mass is 10.2. The number of carbonyl (C=O) groups excluding carboxylic acids is 1. The van der Waals surface area contributed by atoms with Gasteiger partial charge in [0.2, 0.25) is 0 Å². The number of benzene rings is 1. The van der Waals surface area contributed by atoms with E-state index in [-0.39, 0.29) is 23.6 Å². The first kappa shape index (κ1) is 18.2. The predicted octanol–water partition coefficient (Wildman–Crippen LogP) is 2.89. The van der Waals surface area contributed by atoms with Crippen LogP contribution in [0.1, 0.15) is 6.42 Å². The molecule has 1 N–H and O–H groups in total. The molecular weight excluding hydrogens is 329 g/mol. The summed E-state index contributed by atoms with van der Waals surface area (Å²) in [5.74, 6) is 0.0503. The van der Waals surface area contributed by atoms with Crippen LogP contribution in [0, 0.1) is 0 Å². The third-order valence-electron chi connectivity index (χ3n) is 3.58. The summed E-state index contributed by atoms with van der Waals surface area (Å²) in [4.78, 5) is 13.7. The standard InChI is InChI=1S/C15H19F3N2O4/c1-20(11-5-6-23-8-11)14(21)19-10-3-4-12(22-2)13(7-10)24-9-15(16,17)18/h3-4,7,11H,5-6,8-9H2,1-2H3,(H,19,21). The van der Waals surface area contributed by atoms with Gasteiger partial charge in [-0.05, 0) is 18.6 Å². The molecule has 134 valence electrons. The number of hydrogen-bond acceptors (Lipinski definition) is 4. The van der Waals surface area contributed by atoms with Crippen LogP contribution in [0.5, 0.6) is 11.5 Å². The van der Waals surface area contributed by atoms with Gasteiger partial charge in [0.05, 0.1) is 19.8 Å². The summed E-state index contributed by atoms with van der Waals surface area (Å²) in [7, 11) is 2.96. The summed E-state index contributed by atoms with van der Waals surface area (Å²) in [5.41, 5.74) is 0.309. The lowest BCUT2D eigenvalue weighted by Gasteiger charge is -2.23. The SMILES string of the molecule is COc1ccc(NC(=O)N(C)C2CCOC2)cc1OCC(F)(F)F. The number of rotatable bonds is 5. The van der Waals surface area contributed by atoms with Crippen LogP contribution in [0.15, 0.2) is 18.2 Å². The summed E-state index contributed by atoms with van der Waals surface area (Å²) >= 11 is 0. The van der Waals surface area contributed by atoms with Gasteiger partial charge in [-0.1, -0.05) is 0 Å². The number of nitrogens with one attached hydrogen (secondary N) is 1. The maximum absolute atomic E-state index is 12.3. The highest BCUT2D eigenvalue weighted by Crippen LogP contribution is 2.31. The molecular formula is C15H19F3N2O4. The molecule has 0 spiro atoms. The van der Waals surface area contributed by atoms with Crippen LogP contribution in [0.4, 0.5) is 23.7 Å². The Morgan fingerprint density at radius 3 is 2.75 bits per heavy atom. The molecule has 9 heteroatoms. The van der Waals surface area contributed by atoms with Crippen LogP contribution < -0.4 is 14.8 Å². The van der Waals surface area contributed by atoms with Gasteiger partial charge in [-0.2, -0.15) is 13.2 Å². The second-order valence-corrected chi connectivity index (χ2v) is 5.33. The first-order valence-electron chi connectivity index (χ1n) is 7.29. The van der Waals surface area contributed by atoms with Crippen LogP contribution in [0.25, 0.3) is 0 Å². The molecule has 1 heterocycles. The van der Waals surface area contributed by atoms with Gasteiger partial charge in [-0.25, -0.2) is 4.79 Å². The quantitative estimate of drug-likeness (QED) is 0.889. The summed E-state index contributed by atoms with van der Waals surface area (Å²) in [6.07, 6.45) is -3.72. The number of anilines is 1. The van der Waals surface area contributed by atoms with E-state index in [9.17, 15) is 18.0 Å². The van der Waals surface area contributed by atoms with E-state index >= 15 is 0 Å². The van der Waals surface area contributed by atoms with Gasteiger partial charge in [-0.15, -0.1) is 0 Å². The van der Waals surface area contributed by atoms with Crippen molar-refractivity contribution in [3.63, 3.8) is 0 Å². The smallest absolute Gasteiger partial charge is 0.422 e. The first-order valence-corrected chi connectivity index (χ1v) is 7.29. The van der Waals surface area contributed by atoms with Crippen molar-refractivity contribution in [1.29, 1.82) is 0 Å². The highest BCUT2D eigenvalue weighted by Gasteiger charge is 2.29. The molecule has 2 rings (SSSR count). The van der Waals surface area contributed by atoms with Gasteiger partial charge < -0.3 is 24.4 Å². The van der Waals surface area contributed by atoms with E-state index in [4.69, 9.17) is 14.2 Å². The van der Waals surface area contributed by atoms with E-state index in [0.29, 0.717) is 18.9 Å². The molecule has 0 saturated carbocycles. The molecule has 1 saturated heterocycles. The van der Waals surface area contributed by atoms with Crippen molar-refractivity contribution in [2.45, 2.75) is 18.6 Å². The minimum absolute atomic E-state index is 0.0239. The molecule has 24 heavy (non-hydrogen) atoms. The second-order valence-electron chi connectivity index (χ2n) is 5.33. The van der Waals surface area contributed by atoms with Crippen LogP contribution in [-0.2, 0) is 4.74 Å². The average molecular weight is 348 g/mol. The first-order chi connectivity index (χ1) is 11.3. The zero-order valence-corrected chi connectivity index (χ0v) is 13.4.